The number of unbranched alkanes of at least 4 members (excludes halogenated alkanes) is 1. The van der Waals surface area contributed by atoms with Crippen LogP contribution in [0.5, 0.6) is 5.75 Å². The number of fused-ring (bicyclic) bond motifs is 1. The number of piperazine rings is 1. The van der Waals surface area contributed by atoms with Crippen LogP contribution in [0.15, 0.2) is 53.3 Å². The summed E-state index contributed by atoms with van der Waals surface area (Å²) in [5.41, 5.74) is 1.43. The van der Waals surface area contributed by atoms with Gasteiger partial charge >= 0.3 is 6.09 Å². The van der Waals surface area contributed by atoms with Crippen LogP contribution in [0, 0.1) is 0 Å². The molecule has 1 amide bonds. The number of benzene rings is 2. The molecule has 10 heteroatoms. The average molecular weight is 563 g/mol. The van der Waals surface area contributed by atoms with Gasteiger partial charge in [-0.15, -0.1) is 0 Å². The molecular weight excluding hydrogens is 527 g/mol. The lowest BCUT2D eigenvalue weighted by Crippen LogP contribution is -2.46. The molecule has 1 fully saturated rings. The molecule has 0 atom stereocenters. The molecule has 0 bridgehead atoms. The first kappa shape index (κ1) is 28.2. The Bertz CT molecular complexity index is 1330. The van der Waals surface area contributed by atoms with E-state index in [0.29, 0.717) is 27.9 Å². The standard InChI is InChI=1S/C28H35Cl2N4O4/c1-34(2,3)28(36)38-20-33-25-19-22(11-9-21(25)10-12-26(33)35)37-18-5-4-13-31-14-16-32(17-15-31)24-8-6-7-23(29)27(24)30/h6-12,19H,4-5,13-18,20H2,1-3H3/q+1. The van der Waals surface area contributed by atoms with Gasteiger partial charge in [0, 0.05) is 38.3 Å². The minimum Gasteiger partial charge on any atom is -0.494 e. The van der Waals surface area contributed by atoms with Gasteiger partial charge in [-0.3, -0.25) is 14.3 Å². The molecule has 1 aliphatic rings. The van der Waals surface area contributed by atoms with E-state index in [9.17, 15) is 9.59 Å². The van der Waals surface area contributed by atoms with Gasteiger partial charge in [0.25, 0.3) is 5.56 Å². The van der Waals surface area contributed by atoms with E-state index >= 15 is 0 Å². The van der Waals surface area contributed by atoms with E-state index < -0.39 is 6.09 Å². The second-order valence-corrected chi connectivity index (χ2v) is 11.1. The van der Waals surface area contributed by atoms with Crippen molar-refractivity contribution in [2.45, 2.75) is 19.6 Å². The summed E-state index contributed by atoms with van der Waals surface area (Å²) in [6, 6.07) is 14.6. The lowest BCUT2D eigenvalue weighted by Gasteiger charge is -2.36. The molecule has 0 spiro atoms. The molecule has 4 rings (SSSR count). The van der Waals surface area contributed by atoms with Gasteiger partial charge in [-0.2, -0.15) is 4.79 Å². The Morgan fingerprint density at radius 1 is 0.974 bits per heavy atom. The van der Waals surface area contributed by atoms with Crippen molar-refractivity contribution >= 4 is 45.9 Å². The van der Waals surface area contributed by atoms with Crippen molar-refractivity contribution in [3.8, 4) is 5.75 Å². The third kappa shape index (κ3) is 6.99. The van der Waals surface area contributed by atoms with Crippen LogP contribution in [0.25, 0.3) is 10.9 Å². The van der Waals surface area contributed by atoms with Crippen molar-refractivity contribution in [3.05, 3.63) is 68.9 Å². The van der Waals surface area contributed by atoms with E-state index in [2.05, 4.69) is 9.80 Å². The Labute approximate surface area is 233 Å². The second kappa shape index (κ2) is 12.4. The van der Waals surface area contributed by atoms with Gasteiger partial charge in [-0.25, -0.2) is 4.48 Å². The Morgan fingerprint density at radius 3 is 2.45 bits per heavy atom. The first-order valence-electron chi connectivity index (χ1n) is 12.8. The Hall–Kier alpha value is -2.78. The molecule has 0 saturated carbocycles. The molecule has 0 aliphatic carbocycles. The normalized spacial score (nSPS) is 14.6. The van der Waals surface area contributed by atoms with Crippen molar-refractivity contribution in [3.63, 3.8) is 0 Å². The second-order valence-electron chi connectivity index (χ2n) is 10.3. The van der Waals surface area contributed by atoms with Gasteiger partial charge < -0.3 is 14.4 Å². The van der Waals surface area contributed by atoms with Gasteiger partial charge in [0.05, 0.1) is 49.0 Å². The lowest BCUT2D eigenvalue weighted by atomic mass is 10.2. The van der Waals surface area contributed by atoms with Gasteiger partial charge in [0.1, 0.15) is 5.75 Å². The summed E-state index contributed by atoms with van der Waals surface area (Å²) < 4.78 is 12.8. The molecule has 8 nitrogen and oxygen atoms in total. The largest absolute Gasteiger partial charge is 0.517 e. The highest BCUT2D eigenvalue weighted by Gasteiger charge is 2.23. The molecule has 2 aromatic carbocycles. The smallest absolute Gasteiger partial charge is 0.494 e. The van der Waals surface area contributed by atoms with Crippen molar-refractivity contribution in [1.82, 2.24) is 9.47 Å². The van der Waals surface area contributed by atoms with Gasteiger partial charge in [0.2, 0.25) is 0 Å². The molecule has 0 unspecified atom stereocenters. The molecule has 1 aromatic heterocycles. The molecule has 204 valence electrons. The quantitative estimate of drug-likeness (QED) is 0.268. The fraction of sp³-hybridized carbons (Fsp3) is 0.429. The summed E-state index contributed by atoms with van der Waals surface area (Å²) in [5, 5.41) is 2.08. The number of carbonyl (C=O) groups is 1. The molecule has 3 aromatic rings. The summed E-state index contributed by atoms with van der Waals surface area (Å²) in [5.74, 6) is 0.682. The predicted molar refractivity (Wildman–Crippen MR) is 153 cm³/mol. The van der Waals surface area contributed by atoms with E-state index in [1.807, 2.05) is 36.4 Å². The van der Waals surface area contributed by atoms with Gasteiger partial charge in [0.15, 0.2) is 6.73 Å². The number of ether oxygens (including phenoxy) is 2. The maximum Gasteiger partial charge on any atom is 0.517 e. The van der Waals surface area contributed by atoms with Gasteiger partial charge in [-0.1, -0.05) is 29.3 Å². The minimum atomic E-state index is -0.420. The molecule has 1 aliphatic heterocycles. The summed E-state index contributed by atoms with van der Waals surface area (Å²) in [7, 11) is 5.16. The number of nitrogens with zero attached hydrogens (tertiary/aromatic N) is 4. The number of carbonyl (C=O) groups excluding carboxylic acids is 1. The van der Waals surface area contributed by atoms with E-state index in [4.69, 9.17) is 32.7 Å². The fourth-order valence-corrected chi connectivity index (χ4v) is 4.80. The zero-order chi connectivity index (χ0) is 27.3. The van der Waals surface area contributed by atoms with E-state index in [1.54, 1.807) is 27.2 Å². The van der Waals surface area contributed by atoms with Crippen LogP contribution in [0.1, 0.15) is 12.8 Å². The number of halogens is 2. The number of amides is 1. The number of pyridine rings is 1. The van der Waals surface area contributed by atoms with Crippen LogP contribution in [-0.4, -0.2) is 80.5 Å². The summed E-state index contributed by atoms with van der Waals surface area (Å²) >= 11 is 12.6. The zero-order valence-corrected chi connectivity index (χ0v) is 23.7. The topological polar surface area (TPSA) is 64.0 Å². The summed E-state index contributed by atoms with van der Waals surface area (Å²) in [6.07, 6.45) is 1.52. The molecule has 0 N–H and O–H groups in total. The Kier molecular flexibility index (Phi) is 9.20. The number of hydrogen-bond donors (Lipinski definition) is 0. The first-order chi connectivity index (χ1) is 18.1. The van der Waals surface area contributed by atoms with Crippen molar-refractivity contribution < 1.29 is 18.8 Å². The highest BCUT2D eigenvalue weighted by Crippen LogP contribution is 2.32. The summed E-state index contributed by atoms with van der Waals surface area (Å²) in [4.78, 5) is 29.4. The molecule has 2 heterocycles. The Morgan fingerprint density at radius 2 is 1.71 bits per heavy atom. The average Bonchev–Trinajstić information content (AvgIpc) is 2.89. The van der Waals surface area contributed by atoms with Crippen LogP contribution >= 0.6 is 23.2 Å². The Balaban J connectivity index is 1.25. The number of quaternary nitrogens is 1. The van der Waals surface area contributed by atoms with Crippen LogP contribution in [0.4, 0.5) is 10.5 Å². The van der Waals surface area contributed by atoms with Crippen molar-refractivity contribution in [1.29, 1.82) is 0 Å². The third-order valence-electron chi connectivity index (χ3n) is 6.61. The van der Waals surface area contributed by atoms with Crippen LogP contribution < -0.4 is 15.2 Å². The molecule has 38 heavy (non-hydrogen) atoms. The fourth-order valence-electron chi connectivity index (χ4n) is 4.38. The number of aromatic nitrogens is 1. The highest BCUT2D eigenvalue weighted by molar-refractivity contribution is 6.43. The summed E-state index contributed by atoms with van der Waals surface area (Å²) in [6.45, 7) is 5.23. The SMILES string of the molecule is C[N+](C)(C)C(=O)OCn1c(=O)ccc2ccc(OCCCCN3CCN(c4cccc(Cl)c4Cl)CC3)cc21. The molecule has 1 saturated heterocycles. The first-order valence-corrected chi connectivity index (χ1v) is 13.6. The van der Waals surface area contributed by atoms with Crippen LogP contribution in [-0.2, 0) is 11.5 Å². The number of anilines is 1. The molecular formula is C28H35Cl2N4O4+. The third-order valence-corrected chi connectivity index (χ3v) is 7.42. The number of rotatable bonds is 9. The molecule has 0 radical (unpaired) electrons. The van der Waals surface area contributed by atoms with E-state index in [-0.39, 0.29) is 16.8 Å². The number of hydrogen-bond acceptors (Lipinski definition) is 6. The highest BCUT2D eigenvalue weighted by atomic mass is 35.5. The monoisotopic (exact) mass is 561 g/mol. The minimum absolute atomic E-state index is 0.0137. The predicted octanol–water partition coefficient (Wildman–Crippen LogP) is 5.09. The van der Waals surface area contributed by atoms with E-state index in [1.165, 1.54) is 10.6 Å². The van der Waals surface area contributed by atoms with Crippen molar-refractivity contribution in [2.24, 2.45) is 0 Å². The van der Waals surface area contributed by atoms with E-state index in [0.717, 1.165) is 56.6 Å². The zero-order valence-electron chi connectivity index (χ0n) is 22.2. The maximum atomic E-state index is 12.5. The maximum absolute atomic E-state index is 12.5. The van der Waals surface area contributed by atoms with Gasteiger partial charge in [-0.05, 0) is 55.1 Å². The van der Waals surface area contributed by atoms with Crippen LogP contribution in [0.3, 0.4) is 0 Å². The lowest BCUT2D eigenvalue weighted by molar-refractivity contribution is -0.796. The van der Waals surface area contributed by atoms with Crippen LogP contribution in [0.2, 0.25) is 10.0 Å². The van der Waals surface area contributed by atoms with Crippen molar-refractivity contribution in [2.75, 3.05) is 65.4 Å².